The highest BCUT2D eigenvalue weighted by molar-refractivity contribution is 7.98. The molecule has 0 unspecified atom stereocenters. The van der Waals surface area contributed by atoms with E-state index in [9.17, 15) is 0 Å². The number of para-hydroxylation sites is 1. The Morgan fingerprint density at radius 2 is 2.05 bits per heavy atom. The van der Waals surface area contributed by atoms with Gasteiger partial charge in [-0.1, -0.05) is 30.0 Å². The van der Waals surface area contributed by atoms with Crippen molar-refractivity contribution in [2.75, 3.05) is 6.26 Å². The molecule has 1 saturated carbocycles. The average molecular weight is 282 g/mol. The fraction of sp³-hybridized carbons (Fsp3) is 0.267. The summed E-state index contributed by atoms with van der Waals surface area (Å²) in [7, 11) is 0. The van der Waals surface area contributed by atoms with Gasteiger partial charge in [-0.2, -0.15) is 5.10 Å². The maximum absolute atomic E-state index is 4.81. The first-order valence-corrected chi connectivity index (χ1v) is 7.94. The summed E-state index contributed by atoms with van der Waals surface area (Å²) in [6.45, 7) is 0. The van der Waals surface area contributed by atoms with Crippen LogP contribution in [0.4, 0.5) is 0 Å². The van der Waals surface area contributed by atoms with Crippen molar-refractivity contribution >= 4 is 22.7 Å². The van der Waals surface area contributed by atoms with Crippen molar-refractivity contribution in [3.05, 3.63) is 36.5 Å². The standard InChI is InChI=1S/C15H14N4S/c1-20-15-16-9-8-12(17-15)14-11-4-2-3-5-13(11)19(18-14)10-6-7-10/h2-5,8-10H,6-7H2,1H3. The molecule has 0 saturated heterocycles. The number of nitrogens with zero attached hydrogens (tertiary/aromatic N) is 4. The van der Waals surface area contributed by atoms with Crippen LogP contribution in [0.3, 0.4) is 0 Å². The quantitative estimate of drug-likeness (QED) is 0.544. The van der Waals surface area contributed by atoms with Gasteiger partial charge in [0, 0.05) is 11.6 Å². The van der Waals surface area contributed by atoms with Gasteiger partial charge in [-0.25, -0.2) is 9.97 Å². The number of thioether (sulfide) groups is 1. The topological polar surface area (TPSA) is 43.6 Å². The molecule has 0 bridgehead atoms. The van der Waals surface area contributed by atoms with Crippen molar-refractivity contribution in [3.8, 4) is 11.4 Å². The van der Waals surface area contributed by atoms with Gasteiger partial charge in [-0.05, 0) is 31.2 Å². The molecule has 0 spiro atoms. The average Bonchev–Trinajstić information content (AvgIpc) is 3.28. The van der Waals surface area contributed by atoms with E-state index in [1.165, 1.54) is 23.7 Å². The summed E-state index contributed by atoms with van der Waals surface area (Å²) in [5.74, 6) is 0. The molecule has 1 aromatic carbocycles. The molecule has 5 heteroatoms. The van der Waals surface area contributed by atoms with Gasteiger partial charge in [0.2, 0.25) is 0 Å². The molecule has 1 fully saturated rings. The van der Waals surface area contributed by atoms with Crippen molar-refractivity contribution in [1.82, 2.24) is 19.7 Å². The molecule has 20 heavy (non-hydrogen) atoms. The van der Waals surface area contributed by atoms with Crippen LogP contribution in [0.2, 0.25) is 0 Å². The van der Waals surface area contributed by atoms with Crippen LogP contribution in [0.5, 0.6) is 0 Å². The molecular weight excluding hydrogens is 268 g/mol. The Bertz CT molecular complexity index is 776. The zero-order chi connectivity index (χ0) is 13.5. The third-order valence-electron chi connectivity index (χ3n) is 3.57. The predicted octanol–water partition coefficient (Wildman–Crippen LogP) is 3.55. The first-order valence-electron chi connectivity index (χ1n) is 6.71. The third-order valence-corrected chi connectivity index (χ3v) is 4.13. The fourth-order valence-electron chi connectivity index (χ4n) is 2.45. The Morgan fingerprint density at radius 1 is 1.20 bits per heavy atom. The third kappa shape index (κ3) is 1.89. The van der Waals surface area contributed by atoms with Crippen LogP contribution in [0.1, 0.15) is 18.9 Å². The first-order chi connectivity index (χ1) is 9.86. The van der Waals surface area contributed by atoms with E-state index < -0.39 is 0 Å². The molecule has 4 rings (SSSR count). The van der Waals surface area contributed by atoms with Gasteiger partial charge >= 0.3 is 0 Å². The summed E-state index contributed by atoms with van der Waals surface area (Å²) >= 11 is 1.55. The maximum atomic E-state index is 4.81. The van der Waals surface area contributed by atoms with Gasteiger partial charge in [-0.3, -0.25) is 4.68 Å². The lowest BCUT2D eigenvalue weighted by atomic mass is 10.1. The molecule has 0 aliphatic heterocycles. The van der Waals surface area contributed by atoms with Gasteiger partial charge in [-0.15, -0.1) is 0 Å². The molecule has 2 heterocycles. The summed E-state index contributed by atoms with van der Waals surface area (Å²) in [4.78, 5) is 8.82. The Morgan fingerprint density at radius 3 is 2.85 bits per heavy atom. The Labute approximate surface area is 121 Å². The Balaban J connectivity index is 1.94. The molecule has 0 atom stereocenters. The van der Waals surface area contributed by atoms with Gasteiger partial charge in [0.1, 0.15) is 5.69 Å². The number of aromatic nitrogens is 4. The molecule has 2 aromatic heterocycles. The minimum Gasteiger partial charge on any atom is -0.261 e. The van der Waals surface area contributed by atoms with E-state index in [0.717, 1.165) is 16.5 Å². The lowest BCUT2D eigenvalue weighted by molar-refractivity contribution is 0.667. The van der Waals surface area contributed by atoms with Crippen LogP contribution in [0, 0.1) is 0 Å². The van der Waals surface area contributed by atoms with Crippen molar-refractivity contribution in [2.24, 2.45) is 0 Å². The van der Waals surface area contributed by atoms with Crippen molar-refractivity contribution in [1.29, 1.82) is 0 Å². The number of fused-ring (bicyclic) bond motifs is 1. The molecule has 0 radical (unpaired) electrons. The highest BCUT2D eigenvalue weighted by Crippen LogP contribution is 2.39. The molecule has 0 amide bonds. The van der Waals surface area contributed by atoms with E-state index >= 15 is 0 Å². The van der Waals surface area contributed by atoms with Crippen LogP contribution >= 0.6 is 11.8 Å². The second kappa shape index (κ2) is 4.59. The van der Waals surface area contributed by atoms with Crippen LogP contribution in [-0.4, -0.2) is 26.0 Å². The second-order valence-corrected chi connectivity index (χ2v) is 5.74. The summed E-state index contributed by atoms with van der Waals surface area (Å²) in [5, 5.41) is 6.77. The molecule has 100 valence electrons. The summed E-state index contributed by atoms with van der Waals surface area (Å²) in [6, 6.07) is 10.9. The zero-order valence-electron chi connectivity index (χ0n) is 11.2. The van der Waals surface area contributed by atoms with E-state index in [2.05, 4.69) is 38.9 Å². The van der Waals surface area contributed by atoms with Crippen LogP contribution in [0.15, 0.2) is 41.7 Å². The van der Waals surface area contributed by atoms with E-state index in [1.807, 2.05) is 12.3 Å². The Hall–Kier alpha value is -1.88. The van der Waals surface area contributed by atoms with E-state index in [1.54, 1.807) is 18.0 Å². The van der Waals surface area contributed by atoms with Crippen LogP contribution in [-0.2, 0) is 0 Å². The van der Waals surface area contributed by atoms with Crippen LogP contribution in [0.25, 0.3) is 22.3 Å². The van der Waals surface area contributed by atoms with Gasteiger partial charge in [0.15, 0.2) is 5.16 Å². The van der Waals surface area contributed by atoms with Gasteiger partial charge in [0.25, 0.3) is 0 Å². The van der Waals surface area contributed by atoms with Crippen molar-refractivity contribution in [2.45, 2.75) is 24.0 Å². The largest absolute Gasteiger partial charge is 0.261 e. The monoisotopic (exact) mass is 282 g/mol. The molecule has 3 aromatic rings. The van der Waals surface area contributed by atoms with Crippen molar-refractivity contribution < 1.29 is 0 Å². The molecule has 4 nitrogen and oxygen atoms in total. The predicted molar refractivity (Wildman–Crippen MR) is 80.8 cm³/mol. The molecule has 1 aliphatic carbocycles. The highest BCUT2D eigenvalue weighted by atomic mass is 32.2. The lowest BCUT2D eigenvalue weighted by Gasteiger charge is -1.99. The molecular formula is C15H14N4S. The summed E-state index contributed by atoms with van der Waals surface area (Å²) in [5.41, 5.74) is 3.07. The normalized spacial score (nSPS) is 14.8. The maximum Gasteiger partial charge on any atom is 0.187 e. The van der Waals surface area contributed by atoms with E-state index in [0.29, 0.717) is 6.04 Å². The zero-order valence-corrected chi connectivity index (χ0v) is 12.0. The smallest absolute Gasteiger partial charge is 0.187 e. The minimum absolute atomic E-state index is 0.565. The number of hydrogen-bond acceptors (Lipinski definition) is 4. The van der Waals surface area contributed by atoms with Gasteiger partial charge in [0.05, 0.1) is 17.3 Å². The molecule has 0 N–H and O–H groups in total. The second-order valence-electron chi connectivity index (χ2n) is 4.97. The molecule has 1 aliphatic rings. The number of rotatable bonds is 3. The Kier molecular flexibility index (Phi) is 2.73. The SMILES string of the molecule is CSc1nccc(-c2nn(C3CC3)c3ccccc23)n1. The minimum atomic E-state index is 0.565. The van der Waals surface area contributed by atoms with Crippen molar-refractivity contribution in [3.63, 3.8) is 0 Å². The van der Waals surface area contributed by atoms with Gasteiger partial charge < -0.3 is 0 Å². The fourth-order valence-corrected chi connectivity index (χ4v) is 2.80. The lowest BCUT2D eigenvalue weighted by Crippen LogP contribution is -1.96. The number of hydrogen-bond donors (Lipinski definition) is 0. The van der Waals surface area contributed by atoms with E-state index in [4.69, 9.17) is 5.10 Å². The summed E-state index contributed by atoms with van der Waals surface area (Å²) in [6.07, 6.45) is 6.25. The first kappa shape index (κ1) is 11.9. The summed E-state index contributed by atoms with van der Waals surface area (Å²) < 4.78 is 2.16. The van der Waals surface area contributed by atoms with Crippen LogP contribution < -0.4 is 0 Å². The number of benzene rings is 1. The highest BCUT2D eigenvalue weighted by Gasteiger charge is 2.27. The van der Waals surface area contributed by atoms with E-state index in [-0.39, 0.29) is 0 Å².